The summed E-state index contributed by atoms with van der Waals surface area (Å²) in [4.78, 5) is 28.5. The van der Waals surface area contributed by atoms with E-state index in [1.54, 1.807) is 18.2 Å². The molecule has 0 atom stereocenters. The second kappa shape index (κ2) is 9.50. The lowest BCUT2D eigenvalue weighted by Gasteiger charge is -2.36. The monoisotopic (exact) mass is 479 g/mol. The van der Waals surface area contributed by atoms with Crippen LogP contribution in [-0.4, -0.2) is 50.0 Å². The van der Waals surface area contributed by atoms with Crippen LogP contribution in [0.5, 0.6) is 5.75 Å². The van der Waals surface area contributed by atoms with Crippen LogP contribution < -0.4 is 15.0 Å². The Bertz CT molecular complexity index is 914. The topological polar surface area (TPSA) is 61.9 Å². The van der Waals surface area contributed by atoms with Crippen molar-refractivity contribution in [2.75, 3.05) is 43.5 Å². The Morgan fingerprint density at radius 1 is 1.14 bits per heavy atom. The average molecular weight is 481 g/mol. The van der Waals surface area contributed by atoms with Crippen LogP contribution in [0.3, 0.4) is 0 Å². The van der Waals surface area contributed by atoms with Crippen molar-refractivity contribution in [2.24, 2.45) is 0 Å². The molecule has 8 heteroatoms. The van der Waals surface area contributed by atoms with Gasteiger partial charge in [0.1, 0.15) is 5.75 Å². The van der Waals surface area contributed by atoms with Gasteiger partial charge in [-0.1, -0.05) is 34.5 Å². The second-order valence-electron chi connectivity index (χ2n) is 6.69. The van der Waals surface area contributed by atoms with Gasteiger partial charge in [0.15, 0.2) is 0 Å². The first kappa shape index (κ1) is 21.5. The summed E-state index contributed by atoms with van der Waals surface area (Å²) >= 11 is 9.87. The maximum atomic E-state index is 12.7. The van der Waals surface area contributed by atoms with Crippen molar-refractivity contribution in [3.63, 3.8) is 0 Å². The Morgan fingerprint density at radius 3 is 2.48 bits per heavy atom. The van der Waals surface area contributed by atoms with Gasteiger partial charge in [-0.3, -0.25) is 9.59 Å². The number of rotatable bonds is 5. The zero-order valence-corrected chi connectivity index (χ0v) is 18.7. The molecule has 0 aromatic heterocycles. The molecule has 0 aliphatic carbocycles. The Hall–Kier alpha value is -2.25. The number of anilines is 2. The Labute approximate surface area is 183 Å². The summed E-state index contributed by atoms with van der Waals surface area (Å²) in [6.07, 6.45) is 0.526. The molecule has 1 heterocycles. The molecule has 0 spiro atoms. The van der Waals surface area contributed by atoms with E-state index in [1.165, 1.54) is 7.11 Å². The second-order valence-corrected chi connectivity index (χ2v) is 8.01. The molecule has 1 saturated heterocycles. The van der Waals surface area contributed by atoms with Crippen molar-refractivity contribution >= 4 is 50.7 Å². The van der Waals surface area contributed by atoms with E-state index < -0.39 is 0 Å². The number of carbonyl (C=O) groups is 2. The van der Waals surface area contributed by atoms with Gasteiger partial charge in [0.25, 0.3) is 5.91 Å². The smallest absolute Gasteiger partial charge is 0.259 e. The molecule has 6 nitrogen and oxygen atoms in total. The number of nitrogens with one attached hydrogen (secondary N) is 1. The van der Waals surface area contributed by atoms with Crippen LogP contribution in [0.1, 0.15) is 23.7 Å². The summed E-state index contributed by atoms with van der Waals surface area (Å²) in [7, 11) is 1.53. The highest BCUT2D eigenvalue weighted by Gasteiger charge is 2.22. The molecule has 0 bridgehead atoms. The molecule has 0 radical (unpaired) electrons. The maximum Gasteiger partial charge on any atom is 0.259 e. The summed E-state index contributed by atoms with van der Waals surface area (Å²) in [5.41, 5.74) is 1.93. The molecule has 1 aliphatic heterocycles. The number of benzene rings is 2. The predicted molar refractivity (Wildman–Crippen MR) is 119 cm³/mol. The molecule has 2 aromatic carbocycles. The number of amides is 2. The molecule has 29 heavy (non-hydrogen) atoms. The van der Waals surface area contributed by atoms with Gasteiger partial charge in [0, 0.05) is 42.8 Å². The first-order valence-electron chi connectivity index (χ1n) is 9.40. The van der Waals surface area contributed by atoms with Crippen molar-refractivity contribution in [1.82, 2.24) is 4.90 Å². The molecule has 2 aromatic rings. The Morgan fingerprint density at radius 2 is 1.86 bits per heavy atom. The summed E-state index contributed by atoms with van der Waals surface area (Å²) in [5.74, 6) is 0.392. The van der Waals surface area contributed by atoms with Gasteiger partial charge in [-0.25, -0.2) is 0 Å². The lowest BCUT2D eigenvalue weighted by Crippen LogP contribution is -2.48. The number of piperazine rings is 1. The van der Waals surface area contributed by atoms with Gasteiger partial charge >= 0.3 is 0 Å². The minimum absolute atomic E-state index is 0.178. The molecule has 2 amide bonds. The highest BCUT2D eigenvalue weighted by Crippen LogP contribution is 2.31. The normalized spacial score (nSPS) is 13.9. The standard InChI is InChI=1S/C21H23BrClN3O3/c1-3-20(27)26-10-8-25(9-11-26)18-6-5-15(13-17(18)23)24-21(28)16-12-14(22)4-7-19(16)29-2/h4-7,12-13H,3,8-11H2,1-2H3,(H,24,28). The molecule has 3 rings (SSSR count). The van der Waals surface area contributed by atoms with Gasteiger partial charge < -0.3 is 19.9 Å². The average Bonchev–Trinajstić information content (AvgIpc) is 2.73. The number of carbonyl (C=O) groups excluding carboxylic acids is 2. The van der Waals surface area contributed by atoms with Crippen LogP contribution >= 0.6 is 27.5 Å². The van der Waals surface area contributed by atoms with Crippen molar-refractivity contribution in [2.45, 2.75) is 13.3 Å². The minimum atomic E-state index is -0.279. The van der Waals surface area contributed by atoms with Crippen LogP contribution in [0.2, 0.25) is 5.02 Å². The fraction of sp³-hybridized carbons (Fsp3) is 0.333. The van der Waals surface area contributed by atoms with Gasteiger partial charge in [0.2, 0.25) is 5.91 Å². The van der Waals surface area contributed by atoms with E-state index in [0.29, 0.717) is 41.5 Å². The predicted octanol–water partition coefficient (Wildman–Crippen LogP) is 4.42. The first-order chi connectivity index (χ1) is 13.9. The van der Waals surface area contributed by atoms with Gasteiger partial charge in [-0.05, 0) is 36.4 Å². The SMILES string of the molecule is CCC(=O)N1CCN(c2ccc(NC(=O)c3cc(Br)ccc3OC)cc2Cl)CC1. The number of methoxy groups -OCH3 is 1. The van der Waals surface area contributed by atoms with E-state index in [9.17, 15) is 9.59 Å². The third-order valence-corrected chi connectivity index (χ3v) is 5.68. The van der Waals surface area contributed by atoms with Gasteiger partial charge in [-0.15, -0.1) is 0 Å². The zero-order chi connectivity index (χ0) is 21.0. The molecule has 1 fully saturated rings. The maximum absolute atomic E-state index is 12.7. The van der Waals surface area contributed by atoms with E-state index in [0.717, 1.165) is 23.2 Å². The highest BCUT2D eigenvalue weighted by molar-refractivity contribution is 9.10. The van der Waals surface area contributed by atoms with E-state index >= 15 is 0 Å². The van der Waals surface area contributed by atoms with E-state index in [1.807, 2.05) is 30.0 Å². The number of hydrogen-bond acceptors (Lipinski definition) is 4. The van der Waals surface area contributed by atoms with Crippen molar-refractivity contribution in [1.29, 1.82) is 0 Å². The van der Waals surface area contributed by atoms with Crippen LogP contribution in [0.15, 0.2) is 40.9 Å². The van der Waals surface area contributed by atoms with Crippen molar-refractivity contribution in [3.8, 4) is 5.75 Å². The van der Waals surface area contributed by atoms with Crippen LogP contribution in [0.4, 0.5) is 11.4 Å². The number of hydrogen-bond donors (Lipinski definition) is 1. The number of halogens is 2. The quantitative estimate of drug-likeness (QED) is 0.688. The van der Waals surface area contributed by atoms with E-state index in [2.05, 4.69) is 26.1 Å². The first-order valence-corrected chi connectivity index (χ1v) is 10.6. The molecule has 0 saturated carbocycles. The van der Waals surface area contributed by atoms with Gasteiger partial charge in [0.05, 0.1) is 23.4 Å². The van der Waals surface area contributed by atoms with Crippen LogP contribution in [0.25, 0.3) is 0 Å². The zero-order valence-electron chi connectivity index (χ0n) is 16.4. The molecule has 1 aliphatic rings. The van der Waals surface area contributed by atoms with Crippen molar-refractivity contribution < 1.29 is 14.3 Å². The molecular weight excluding hydrogens is 458 g/mol. The minimum Gasteiger partial charge on any atom is -0.496 e. The highest BCUT2D eigenvalue weighted by atomic mass is 79.9. The number of ether oxygens (including phenoxy) is 1. The lowest BCUT2D eigenvalue weighted by molar-refractivity contribution is -0.131. The summed E-state index contributed by atoms with van der Waals surface area (Å²) < 4.78 is 6.06. The fourth-order valence-corrected chi connectivity index (χ4v) is 3.98. The van der Waals surface area contributed by atoms with Crippen LogP contribution in [-0.2, 0) is 4.79 Å². The Balaban J connectivity index is 1.70. The van der Waals surface area contributed by atoms with Crippen molar-refractivity contribution in [3.05, 3.63) is 51.5 Å². The van der Waals surface area contributed by atoms with E-state index in [-0.39, 0.29) is 11.8 Å². The molecule has 0 unspecified atom stereocenters. The van der Waals surface area contributed by atoms with E-state index in [4.69, 9.17) is 16.3 Å². The lowest BCUT2D eigenvalue weighted by atomic mass is 10.1. The fourth-order valence-electron chi connectivity index (χ4n) is 3.32. The summed E-state index contributed by atoms with van der Waals surface area (Å²) in [6.45, 7) is 4.70. The largest absolute Gasteiger partial charge is 0.496 e. The van der Waals surface area contributed by atoms with Crippen LogP contribution in [0, 0.1) is 0 Å². The molecule has 1 N–H and O–H groups in total. The molecule has 154 valence electrons. The summed E-state index contributed by atoms with van der Waals surface area (Å²) in [6, 6.07) is 10.7. The number of nitrogens with zero attached hydrogens (tertiary/aromatic N) is 2. The van der Waals surface area contributed by atoms with Gasteiger partial charge in [-0.2, -0.15) is 0 Å². The third-order valence-electron chi connectivity index (χ3n) is 4.89. The Kier molecular flexibility index (Phi) is 7.03. The molecular formula is C21H23BrClN3O3. The third kappa shape index (κ3) is 5.03. The summed E-state index contributed by atoms with van der Waals surface area (Å²) in [5, 5.41) is 3.42.